The molecular formula is C15H21N3O2. The van der Waals surface area contributed by atoms with Crippen LogP contribution in [0.5, 0.6) is 5.75 Å². The molecule has 1 aromatic carbocycles. The van der Waals surface area contributed by atoms with E-state index in [4.69, 9.17) is 4.74 Å². The summed E-state index contributed by atoms with van der Waals surface area (Å²) in [7, 11) is 1.88. The number of hydrogen-bond acceptors (Lipinski definition) is 4. The van der Waals surface area contributed by atoms with Gasteiger partial charge in [0.2, 0.25) is 0 Å². The molecule has 108 valence electrons. The summed E-state index contributed by atoms with van der Waals surface area (Å²) in [6, 6.07) is 7.79. The fourth-order valence-corrected chi connectivity index (χ4v) is 1.83. The third kappa shape index (κ3) is 4.68. The summed E-state index contributed by atoms with van der Waals surface area (Å²) < 4.78 is 7.28. The van der Waals surface area contributed by atoms with Crippen molar-refractivity contribution in [1.82, 2.24) is 15.1 Å². The van der Waals surface area contributed by atoms with Crippen LogP contribution in [-0.2, 0) is 13.6 Å². The van der Waals surface area contributed by atoms with Crippen LogP contribution in [0.4, 0.5) is 0 Å². The van der Waals surface area contributed by atoms with E-state index < -0.39 is 6.10 Å². The van der Waals surface area contributed by atoms with Crippen molar-refractivity contribution in [3.63, 3.8) is 0 Å². The number of aliphatic hydroxyl groups is 1. The first-order chi connectivity index (χ1) is 9.63. The minimum atomic E-state index is -0.534. The average molecular weight is 275 g/mol. The van der Waals surface area contributed by atoms with Crippen molar-refractivity contribution in [2.45, 2.75) is 19.6 Å². The van der Waals surface area contributed by atoms with E-state index in [-0.39, 0.29) is 6.61 Å². The van der Waals surface area contributed by atoms with E-state index in [1.807, 2.05) is 50.6 Å². The molecule has 20 heavy (non-hydrogen) atoms. The molecule has 0 aliphatic rings. The Hall–Kier alpha value is -1.85. The Balaban J connectivity index is 1.65. The molecule has 1 aromatic heterocycles. The lowest BCUT2D eigenvalue weighted by molar-refractivity contribution is 0.106. The number of rotatable bonds is 7. The number of aryl methyl sites for hydroxylation is 2. The van der Waals surface area contributed by atoms with Gasteiger partial charge in [0.25, 0.3) is 0 Å². The van der Waals surface area contributed by atoms with Gasteiger partial charge in [-0.05, 0) is 19.1 Å². The predicted molar refractivity (Wildman–Crippen MR) is 77.6 cm³/mol. The molecule has 0 bridgehead atoms. The van der Waals surface area contributed by atoms with Gasteiger partial charge in [0.15, 0.2) is 0 Å². The van der Waals surface area contributed by atoms with E-state index in [9.17, 15) is 5.11 Å². The number of aliphatic hydroxyl groups excluding tert-OH is 1. The van der Waals surface area contributed by atoms with Crippen LogP contribution in [0.25, 0.3) is 0 Å². The zero-order chi connectivity index (χ0) is 14.4. The highest BCUT2D eigenvalue weighted by atomic mass is 16.5. The third-order valence-corrected chi connectivity index (χ3v) is 2.93. The Morgan fingerprint density at radius 2 is 2.10 bits per heavy atom. The van der Waals surface area contributed by atoms with Crippen molar-refractivity contribution in [2.24, 2.45) is 7.05 Å². The van der Waals surface area contributed by atoms with Crippen molar-refractivity contribution in [3.05, 3.63) is 47.8 Å². The zero-order valence-electron chi connectivity index (χ0n) is 11.9. The Labute approximate surface area is 119 Å². The maximum atomic E-state index is 9.84. The van der Waals surface area contributed by atoms with Crippen molar-refractivity contribution in [1.29, 1.82) is 0 Å². The minimum Gasteiger partial charge on any atom is -0.491 e. The molecule has 2 N–H and O–H groups in total. The third-order valence-electron chi connectivity index (χ3n) is 2.93. The molecule has 2 aromatic rings. The largest absolute Gasteiger partial charge is 0.491 e. The van der Waals surface area contributed by atoms with E-state index >= 15 is 0 Å². The molecule has 0 fully saturated rings. The second kappa shape index (κ2) is 7.07. The number of nitrogens with one attached hydrogen (secondary N) is 1. The van der Waals surface area contributed by atoms with Crippen LogP contribution in [0.15, 0.2) is 36.7 Å². The SMILES string of the molecule is Cc1ccc(OCC(O)CNCc2cnn(C)c2)cc1. The van der Waals surface area contributed by atoms with E-state index in [2.05, 4.69) is 10.4 Å². The van der Waals surface area contributed by atoms with Crippen LogP contribution >= 0.6 is 0 Å². The van der Waals surface area contributed by atoms with Gasteiger partial charge < -0.3 is 15.2 Å². The van der Waals surface area contributed by atoms with Crippen LogP contribution in [0, 0.1) is 6.92 Å². The van der Waals surface area contributed by atoms with Crippen LogP contribution in [0.2, 0.25) is 0 Å². The lowest BCUT2D eigenvalue weighted by atomic mass is 10.2. The van der Waals surface area contributed by atoms with Crippen LogP contribution in [-0.4, -0.2) is 34.1 Å². The van der Waals surface area contributed by atoms with E-state index in [0.717, 1.165) is 11.3 Å². The Morgan fingerprint density at radius 3 is 2.75 bits per heavy atom. The lowest BCUT2D eigenvalue weighted by Crippen LogP contribution is -2.31. The van der Waals surface area contributed by atoms with Gasteiger partial charge in [-0.3, -0.25) is 4.68 Å². The van der Waals surface area contributed by atoms with Crippen molar-refractivity contribution < 1.29 is 9.84 Å². The summed E-state index contributed by atoms with van der Waals surface area (Å²) >= 11 is 0. The van der Waals surface area contributed by atoms with Crippen molar-refractivity contribution in [3.8, 4) is 5.75 Å². The highest BCUT2D eigenvalue weighted by Gasteiger charge is 2.05. The molecule has 5 heteroatoms. The van der Waals surface area contributed by atoms with Gasteiger partial charge in [-0.2, -0.15) is 5.10 Å². The maximum Gasteiger partial charge on any atom is 0.119 e. The fourth-order valence-electron chi connectivity index (χ4n) is 1.83. The molecule has 0 aliphatic heterocycles. The summed E-state index contributed by atoms with van der Waals surface area (Å²) in [6.45, 7) is 3.49. The summed E-state index contributed by atoms with van der Waals surface area (Å²) in [5, 5.41) is 17.1. The molecule has 0 amide bonds. The van der Waals surface area contributed by atoms with Gasteiger partial charge in [-0.1, -0.05) is 17.7 Å². The molecule has 0 saturated carbocycles. The summed E-state index contributed by atoms with van der Waals surface area (Å²) in [4.78, 5) is 0. The standard InChI is InChI=1S/C15H21N3O2/c1-12-3-5-15(6-4-12)20-11-14(19)9-16-7-13-8-17-18(2)10-13/h3-6,8,10,14,16,19H,7,9,11H2,1-2H3. The summed E-state index contributed by atoms with van der Waals surface area (Å²) in [5.41, 5.74) is 2.29. The highest BCUT2D eigenvalue weighted by molar-refractivity contribution is 5.26. The molecule has 0 aliphatic carbocycles. The van der Waals surface area contributed by atoms with E-state index in [0.29, 0.717) is 13.1 Å². The van der Waals surface area contributed by atoms with Gasteiger partial charge in [0, 0.05) is 31.9 Å². The molecule has 1 atom stereocenters. The van der Waals surface area contributed by atoms with E-state index in [1.165, 1.54) is 5.56 Å². The molecule has 0 radical (unpaired) electrons. The normalized spacial score (nSPS) is 12.3. The second-order valence-electron chi connectivity index (χ2n) is 4.93. The Bertz CT molecular complexity index is 522. The number of benzene rings is 1. The van der Waals surface area contributed by atoms with Crippen LogP contribution in [0.1, 0.15) is 11.1 Å². The molecule has 1 heterocycles. The summed E-state index contributed by atoms with van der Waals surface area (Å²) in [5.74, 6) is 0.780. The molecule has 0 spiro atoms. The number of nitrogens with zero attached hydrogens (tertiary/aromatic N) is 2. The first-order valence-corrected chi connectivity index (χ1v) is 6.69. The number of aromatic nitrogens is 2. The number of ether oxygens (including phenoxy) is 1. The molecule has 1 unspecified atom stereocenters. The Morgan fingerprint density at radius 1 is 1.35 bits per heavy atom. The Kier molecular flexibility index (Phi) is 5.15. The first-order valence-electron chi connectivity index (χ1n) is 6.69. The highest BCUT2D eigenvalue weighted by Crippen LogP contribution is 2.11. The van der Waals surface area contributed by atoms with Crippen LogP contribution < -0.4 is 10.1 Å². The smallest absolute Gasteiger partial charge is 0.119 e. The quantitative estimate of drug-likeness (QED) is 0.798. The van der Waals surface area contributed by atoms with Gasteiger partial charge in [0.05, 0.1) is 6.20 Å². The summed E-state index contributed by atoms with van der Waals surface area (Å²) in [6.07, 6.45) is 3.22. The van der Waals surface area contributed by atoms with Crippen molar-refractivity contribution in [2.75, 3.05) is 13.2 Å². The van der Waals surface area contributed by atoms with Gasteiger partial charge in [0.1, 0.15) is 18.5 Å². The maximum absolute atomic E-state index is 9.84. The van der Waals surface area contributed by atoms with Gasteiger partial charge >= 0.3 is 0 Å². The molecular weight excluding hydrogens is 254 g/mol. The lowest BCUT2D eigenvalue weighted by Gasteiger charge is -2.13. The topological polar surface area (TPSA) is 59.3 Å². The first kappa shape index (κ1) is 14.6. The molecule has 2 rings (SSSR count). The average Bonchev–Trinajstić information content (AvgIpc) is 2.84. The molecule has 5 nitrogen and oxygen atoms in total. The predicted octanol–water partition coefficient (Wildman–Crippen LogP) is 1.26. The van der Waals surface area contributed by atoms with Crippen molar-refractivity contribution >= 4 is 0 Å². The fraction of sp³-hybridized carbons (Fsp3) is 0.400. The van der Waals surface area contributed by atoms with E-state index in [1.54, 1.807) is 4.68 Å². The second-order valence-corrected chi connectivity index (χ2v) is 4.93. The van der Waals surface area contributed by atoms with Crippen LogP contribution in [0.3, 0.4) is 0 Å². The number of hydrogen-bond donors (Lipinski definition) is 2. The van der Waals surface area contributed by atoms with Gasteiger partial charge in [-0.15, -0.1) is 0 Å². The zero-order valence-corrected chi connectivity index (χ0v) is 11.9. The monoisotopic (exact) mass is 275 g/mol. The minimum absolute atomic E-state index is 0.281. The van der Waals surface area contributed by atoms with Gasteiger partial charge in [-0.25, -0.2) is 0 Å². The molecule has 0 saturated heterocycles.